The van der Waals surface area contributed by atoms with Crippen LogP contribution in [0.3, 0.4) is 0 Å². The maximum atomic E-state index is 11.2. The van der Waals surface area contributed by atoms with Gasteiger partial charge in [-0.1, -0.05) is 76.9 Å². The van der Waals surface area contributed by atoms with E-state index in [9.17, 15) is 9.59 Å². The van der Waals surface area contributed by atoms with E-state index in [1.54, 1.807) is 0 Å². The van der Waals surface area contributed by atoms with Gasteiger partial charge in [0.15, 0.2) is 0 Å². The first-order chi connectivity index (χ1) is 10.2. The summed E-state index contributed by atoms with van der Waals surface area (Å²) in [5.74, 6) is -1.12. The smallest absolute Gasteiger partial charge is 0.321 e. The number of carbonyl (C=O) groups excluding carboxylic acids is 2. The Labute approximate surface area is 129 Å². The van der Waals surface area contributed by atoms with Crippen molar-refractivity contribution in [2.45, 2.75) is 84.0 Å². The summed E-state index contributed by atoms with van der Waals surface area (Å²) in [5.41, 5.74) is 0. The number of rotatable bonds is 12. The zero-order valence-electron chi connectivity index (χ0n) is 13.4. The minimum absolute atomic E-state index is 0.216. The molecule has 1 heterocycles. The molecule has 21 heavy (non-hydrogen) atoms. The third-order valence-corrected chi connectivity index (χ3v) is 4.00. The zero-order valence-corrected chi connectivity index (χ0v) is 13.4. The van der Waals surface area contributed by atoms with Crippen molar-refractivity contribution in [2.75, 3.05) is 0 Å². The predicted molar refractivity (Wildman–Crippen MR) is 84.8 cm³/mol. The number of esters is 2. The lowest BCUT2D eigenvalue weighted by Crippen LogP contribution is -2.03. The third kappa shape index (κ3) is 8.69. The van der Waals surface area contributed by atoms with Gasteiger partial charge in [-0.25, -0.2) is 0 Å². The maximum Gasteiger partial charge on any atom is 0.321 e. The minimum Gasteiger partial charge on any atom is -0.393 e. The van der Waals surface area contributed by atoms with Gasteiger partial charge in [0.05, 0.1) is 12.3 Å². The predicted octanol–water partition coefficient (Wildman–Crippen LogP) is 4.94. The summed E-state index contributed by atoms with van der Waals surface area (Å²) < 4.78 is 4.50. The van der Waals surface area contributed by atoms with Crippen LogP contribution in [0.15, 0.2) is 12.2 Å². The van der Waals surface area contributed by atoms with E-state index in [1.165, 1.54) is 64.2 Å². The summed E-state index contributed by atoms with van der Waals surface area (Å²) >= 11 is 0. The Morgan fingerprint density at radius 2 is 1.52 bits per heavy atom. The molecular weight excluding hydrogens is 264 g/mol. The fourth-order valence-corrected chi connectivity index (χ4v) is 2.65. The van der Waals surface area contributed by atoms with Crippen LogP contribution in [0.25, 0.3) is 0 Å². The first-order valence-corrected chi connectivity index (χ1v) is 8.65. The number of unbranched alkanes of at least 4 members (excludes halogenated alkanes) is 10. The van der Waals surface area contributed by atoms with E-state index < -0.39 is 5.97 Å². The molecule has 0 bridgehead atoms. The fraction of sp³-hybridized carbons (Fsp3) is 0.778. The Bertz CT molecular complexity index is 333. The summed E-state index contributed by atoms with van der Waals surface area (Å²) in [6.07, 6.45) is 18.4. The second kappa shape index (κ2) is 11.5. The number of hydrogen-bond acceptors (Lipinski definition) is 3. The van der Waals surface area contributed by atoms with Crippen molar-refractivity contribution in [3.8, 4) is 0 Å². The average Bonchev–Trinajstić information content (AvgIpc) is 2.78. The number of hydrogen-bond donors (Lipinski definition) is 0. The molecule has 1 aliphatic heterocycles. The maximum absolute atomic E-state index is 11.2. The highest BCUT2D eigenvalue weighted by Crippen LogP contribution is 2.18. The molecule has 1 aliphatic rings. The molecule has 0 aromatic carbocycles. The van der Waals surface area contributed by atoms with E-state index in [0.29, 0.717) is 0 Å². The molecule has 1 fully saturated rings. The molecule has 1 saturated heterocycles. The van der Waals surface area contributed by atoms with Crippen LogP contribution in [0.5, 0.6) is 0 Å². The second-order valence-corrected chi connectivity index (χ2v) is 6.00. The molecule has 3 nitrogen and oxygen atoms in total. The van der Waals surface area contributed by atoms with E-state index in [1.807, 2.05) is 12.2 Å². The second-order valence-electron chi connectivity index (χ2n) is 6.00. The highest BCUT2D eigenvalue weighted by molar-refractivity contribution is 5.95. The van der Waals surface area contributed by atoms with Gasteiger partial charge in [-0.3, -0.25) is 9.59 Å². The molecular formula is C18H30O3. The van der Waals surface area contributed by atoms with Gasteiger partial charge in [0, 0.05) is 0 Å². The van der Waals surface area contributed by atoms with Crippen LogP contribution >= 0.6 is 0 Å². The van der Waals surface area contributed by atoms with Gasteiger partial charge in [0.25, 0.3) is 0 Å². The van der Waals surface area contributed by atoms with Crippen molar-refractivity contribution >= 4 is 11.9 Å². The minimum atomic E-state index is -0.395. The van der Waals surface area contributed by atoms with Gasteiger partial charge < -0.3 is 4.74 Å². The molecule has 0 N–H and O–H groups in total. The van der Waals surface area contributed by atoms with Crippen molar-refractivity contribution in [1.29, 1.82) is 0 Å². The highest BCUT2D eigenvalue weighted by atomic mass is 16.6. The lowest BCUT2D eigenvalue weighted by molar-refractivity contribution is -0.152. The van der Waals surface area contributed by atoms with Crippen LogP contribution < -0.4 is 0 Å². The summed E-state index contributed by atoms with van der Waals surface area (Å²) in [7, 11) is 0. The molecule has 0 saturated carbocycles. The van der Waals surface area contributed by atoms with Crippen LogP contribution in [0, 0.1) is 5.92 Å². The Morgan fingerprint density at radius 1 is 0.952 bits per heavy atom. The van der Waals surface area contributed by atoms with E-state index in [0.717, 1.165) is 6.42 Å². The molecule has 0 aromatic rings. The fourth-order valence-electron chi connectivity index (χ4n) is 2.65. The molecule has 0 radical (unpaired) electrons. The number of ether oxygens (including phenoxy) is 1. The first-order valence-electron chi connectivity index (χ1n) is 8.65. The van der Waals surface area contributed by atoms with Crippen LogP contribution in [-0.2, 0) is 14.3 Å². The van der Waals surface area contributed by atoms with Gasteiger partial charge in [0.2, 0.25) is 0 Å². The standard InChI is InChI=1S/C18H30O3/c1-2-3-4-5-6-7-8-9-10-11-12-13-14-16-15-17(19)21-18(16)20/h13-14,16H,2-12,15H2,1H3/b14-13-/t16-/m0/s1. The molecule has 0 spiro atoms. The molecule has 1 atom stereocenters. The molecule has 0 aliphatic carbocycles. The van der Waals surface area contributed by atoms with E-state index >= 15 is 0 Å². The van der Waals surface area contributed by atoms with Crippen LogP contribution in [0.1, 0.15) is 84.0 Å². The van der Waals surface area contributed by atoms with Crippen LogP contribution in [0.4, 0.5) is 0 Å². The summed E-state index contributed by atoms with van der Waals surface area (Å²) in [6.45, 7) is 2.25. The first kappa shape index (κ1) is 17.9. The largest absolute Gasteiger partial charge is 0.393 e. The number of carbonyl (C=O) groups is 2. The van der Waals surface area contributed by atoms with Crippen molar-refractivity contribution < 1.29 is 14.3 Å². The lowest BCUT2D eigenvalue weighted by atomic mass is 10.0. The molecule has 0 aromatic heterocycles. The third-order valence-electron chi connectivity index (χ3n) is 4.00. The number of allylic oxidation sites excluding steroid dienone is 1. The summed E-state index contributed by atoms with van der Waals surface area (Å²) in [5, 5.41) is 0. The van der Waals surface area contributed by atoms with E-state index in [2.05, 4.69) is 11.7 Å². The van der Waals surface area contributed by atoms with Crippen molar-refractivity contribution in [3.63, 3.8) is 0 Å². The van der Waals surface area contributed by atoms with Crippen molar-refractivity contribution in [2.24, 2.45) is 5.92 Å². The van der Waals surface area contributed by atoms with Crippen LogP contribution in [0.2, 0.25) is 0 Å². The van der Waals surface area contributed by atoms with E-state index in [4.69, 9.17) is 0 Å². The Hall–Kier alpha value is -1.12. The van der Waals surface area contributed by atoms with Crippen LogP contribution in [-0.4, -0.2) is 11.9 Å². The normalized spacial score (nSPS) is 18.6. The average molecular weight is 294 g/mol. The highest BCUT2D eigenvalue weighted by Gasteiger charge is 2.30. The lowest BCUT2D eigenvalue weighted by Gasteiger charge is -2.01. The molecule has 0 amide bonds. The monoisotopic (exact) mass is 294 g/mol. The van der Waals surface area contributed by atoms with Gasteiger partial charge in [-0.15, -0.1) is 0 Å². The summed E-state index contributed by atoms with van der Waals surface area (Å²) in [4.78, 5) is 22.1. The Kier molecular flexibility index (Phi) is 9.84. The number of cyclic esters (lactones) is 2. The van der Waals surface area contributed by atoms with Gasteiger partial charge in [-0.2, -0.15) is 0 Å². The quantitative estimate of drug-likeness (QED) is 0.221. The molecule has 1 rings (SSSR count). The Balaban J connectivity index is 1.86. The van der Waals surface area contributed by atoms with E-state index in [-0.39, 0.29) is 18.3 Å². The summed E-state index contributed by atoms with van der Waals surface area (Å²) in [6, 6.07) is 0. The van der Waals surface area contributed by atoms with Gasteiger partial charge in [0.1, 0.15) is 0 Å². The SMILES string of the molecule is CCCCCCCCCCCC/C=C\[C@H]1CC(=O)OC1=O. The molecule has 3 heteroatoms. The van der Waals surface area contributed by atoms with Crippen molar-refractivity contribution in [1.82, 2.24) is 0 Å². The molecule has 120 valence electrons. The van der Waals surface area contributed by atoms with Gasteiger partial charge >= 0.3 is 11.9 Å². The Morgan fingerprint density at radius 3 is 2.05 bits per heavy atom. The van der Waals surface area contributed by atoms with Crippen molar-refractivity contribution in [3.05, 3.63) is 12.2 Å². The van der Waals surface area contributed by atoms with Gasteiger partial charge in [-0.05, 0) is 12.8 Å². The zero-order chi connectivity index (χ0) is 15.3. The molecule has 0 unspecified atom stereocenters. The topological polar surface area (TPSA) is 43.4 Å².